The first-order valence-electron chi connectivity index (χ1n) is 7.11. The van der Waals surface area contributed by atoms with E-state index < -0.39 is 9.84 Å². The molecule has 2 N–H and O–H groups in total. The van der Waals surface area contributed by atoms with Crippen LogP contribution >= 0.6 is 0 Å². The molecule has 0 saturated heterocycles. The molecule has 0 aliphatic carbocycles. The molecule has 0 spiro atoms. The lowest BCUT2D eigenvalue weighted by atomic mass is 10.1. The van der Waals surface area contributed by atoms with Gasteiger partial charge in [-0.3, -0.25) is 4.99 Å². The van der Waals surface area contributed by atoms with E-state index in [0.29, 0.717) is 18.5 Å². The number of guanidine groups is 1. The maximum atomic E-state index is 11.1. The smallest absolute Gasteiger partial charge is 0.191 e. The predicted octanol–water partition coefficient (Wildman–Crippen LogP) is 1.55. The van der Waals surface area contributed by atoms with Crippen LogP contribution in [0.15, 0.2) is 4.99 Å². The Bertz CT molecular complexity index is 353. The van der Waals surface area contributed by atoms with E-state index in [1.165, 1.54) is 25.5 Å². The zero-order chi connectivity index (χ0) is 14.7. The van der Waals surface area contributed by atoms with Gasteiger partial charge < -0.3 is 10.6 Å². The van der Waals surface area contributed by atoms with E-state index >= 15 is 0 Å². The van der Waals surface area contributed by atoms with Gasteiger partial charge in [-0.2, -0.15) is 0 Å². The average Bonchev–Trinajstić information content (AvgIpc) is 2.27. The van der Waals surface area contributed by atoms with Crippen molar-refractivity contribution >= 4 is 15.8 Å². The third-order valence-electron chi connectivity index (χ3n) is 2.70. The summed E-state index contributed by atoms with van der Waals surface area (Å²) in [4.78, 5) is 4.28. The molecule has 0 fully saturated rings. The van der Waals surface area contributed by atoms with Crippen molar-refractivity contribution in [3.8, 4) is 0 Å². The Balaban J connectivity index is 4.19. The first kappa shape index (κ1) is 18.2. The number of nitrogens with zero attached hydrogens (tertiary/aromatic N) is 1. The molecule has 0 bridgehead atoms. The van der Waals surface area contributed by atoms with Crippen LogP contribution in [0.3, 0.4) is 0 Å². The fourth-order valence-corrected chi connectivity index (χ4v) is 2.07. The Morgan fingerprint density at radius 2 is 1.95 bits per heavy atom. The zero-order valence-corrected chi connectivity index (χ0v) is 13.5. The molecule has 0 aromatic rings. The van der Waals surface area contributed by atoms with E-state index in [0.717, 1.165) is 13.0 Å². The SMILES string of the molecule is CCCCCC(C)NC(=NCCS(C)(=O)=O)NCC. The van der Waals surface area contributed by atoms with Crippen molar-refractivity contribution in [1.82, 2.24) is 10.6 Å². The molecule has 0 aromatic carbocycles. The van der Waals surface area contributed by atoms with Crippen molar-refractivity contribution in [1.29, 1.82) is 0 Å². The fourth-order valence-electron chi connectivity index (χ4n) is 1.65. The van der Waals surface area contributed by atoms with Gasteiger partial charge in [-0.15, -0.1) is 0 Å². The van der Waals surface area contributed by atoms with Gasteiger partial charge in [0.15, 0.2) is 5.96 Å². The van der Waals surface area contributed by atoms with Crippen LogP contribution in [-0.4, -0.2) is 45.5 Å². The minimum atomic E-state index is -2.94. The van der Waals surface area contributed by atoms with Gasteiger partial charge in [0.2, 0.25) is 0 Å². The second kappa shape index (κ2) is 10.1. The molecular weight excluding hydrogens is 262 g/mol. The molecular formula is C13H29N3O2S. The monoisotopic (exact) mass is 291 g/mol. The van der Waals surface area contributed by atoms with E-state index in [9.17, 15) is 8.42 Å². The topological polar surface area (TPSA) is 70.6 Å². The van der Waals surface area contributed by atoms with Crippen LogP contribution in [0.2, 0.25) is 0 Å². The maximum Gasteiger partial charge on any atom is 0.191 e. The quantitative estimate of drug-likeness (QED) is 0.384. The second-order valence-electron chi connectivity index (χ2n) is 4.93. The number of hydrogen-bond donors (Lipinski definition) is 2. The summed E-state index contributed by atoms with van der Waals surface area (Å²) in [7, 11) is -2.94. The molecule has 0 aliphatic rings. The van der Waals surface area contributed by atoms with Crippen molar-refractivity contribution in [3.05, 3.63) is 0 Å². The van der Waals surface area contributed by atoms with Gasteiger partial charge >= 0.3 is 0 Å². The maximum absolute atomic E-state index is 11.1. The number of nitrogens with one attached hydrogen (secondary N) is 2. The molecule has 0 aliphatic heterocycles. The highest BCUT2D eigenvalue weighted by Gasteiger charge is 2.05. The van der Waals surface area contributed by atoms with Crippen LogP contribution in [0.25, 0.3) is 0 Å². The third kappa shape index (κ3) is 12.0. The highest BCUT2D eigenvalue weighted by molar-refractivity contribution is 7.90. The van der Waals surface area contributed by atoms with Crippen molar-refractivity contribution in [2.75, 3.05) is 25.1 Å². The van der Waals surface area contributed by atoms with Gasteiger partial charge in [0.25, 0.3) is 0 Å². The molecule has 0 heterocycles. The minimum Gasteiger partial charge on any atom is -0.357 e. The van der Waals surface area contributed by atoms with Crippen LogP contribution in [0.4, 0.5) is 0 Å². The molecule has 0 amide bonds. The summed E-state index contributed by atoms with van der Waals surface area (Å²) in [5, 5.41) is 6.44. The first-order chi connectivity index (χ1) is 8.89. The molecule has 5 nitrogen and oxygen atoms in total. The number of hydrogen-bond acceptors (Lipinski definition) is 3. The van der Waals surface area contributed by atoms with E-state index in [1.54, 1.807) is 0 Å². The van der Waals surface area contributed by atoms with E-state index in [1.807, 2.05) is 6.92 Å². The van der Waals surface area contributed by atoms with Gasteiger partial charge in [0, 0.05) is 18.8 Å². The van der Waals surface area contributed by atoms with Crippen LogP contribution in [0.1, 0.15) is 46.5 Å². The average molecular weight is 291 g/mol. The van der Waals surface area contributed by atoms with Crippen LogP contribution in [0.5, 0.6) is 0 Å². The molecule has 0 aromatic heterocycles. The molecule has 0 rings (SSSR count). The summed E-state index contributed by atoms with van der Waals surface area (Å²) >= 11 is 0. The molecule has 1 atom stereocenters. The summed E-state index contributed by atoms with van der Waals surface area (Å²) in [5.74, 6) is 0.795. The van der Waals surface area contributed by atoms with Gasteiger partial charge in [0.05, 0.1) is 12.3 Å². The predicted molar refractivity (Wildman–Crippen MR) is 82.4 cm³/mol. The molecule has 1 unspecified atom stereocenters. The van der Waals surface area contributed by atoms with Crippen LogP contribution < -0.4 is 10.6 Å². The highest BCUT2D eigenvalue weighted by atomic mass is 32.2. The van der Waals surface area contributed by atoms with E-state index in [-0.39, 0.29) is 5.75 Å². The van der Waals surface area contributed by atoms with Gasteiger partial charge in [0.1, 0.15) is 9.84 Å². The third-order valence-corrected chi connectivity index (χ3v) is 3.62. The number of aliphatic imine (C=N–C) groups is 1. The number of unbranched alkanes of at least 4 members (excludes halogenated alkanes) is 2. The van der Waals surface area contributed by atoms with Crippen molar-refractivity contribution in [2.45, 2.75) is 52.5 Å². The molecule has 0 radical (unpaired) electrons. The van der Waals surface area contributed by atoms with Crippen molar-refractivity contribution in [3.63, 3.8) is 0 Å². The first-order valence-corrected chi connectivity index (χ1v) is 9.17. The van der Waals surface area contributed by atoms with Crippen LogP contribution in [0, 0.1) is 0 Å². The molecule has 6 heteroatoms. The summed E-state index contributed by atoms with van der Waals surface area (Å²) < 4.78 is 22.1. The summed E-state index contributed by atoms with van der Waals surface area (Å²) in [6.45, 7) is 7.38. The summed E-state index contributed by atoms with van der Waals surface area (Å²) in [5.41, 5.74) is 0. The van der Waals surface area contributed by atoms with Crippen LogP contribution in [-0.2, 0) is 9.84 Å². The van der Waals surface area contributed by atoms with Gasteiger partial charge in [-0.05, 0) is 20.3 Å². The zero-order valence-electron chi connectivity index (χ0n) is 12.7. The Labute approximate surface area is 118 Å². The molecule has 114 valence electrons. The Morgan fingerprint density at radius 1 is 1.26 bits per heavy atom. The van der Waals surface area contributed by atoms with Crippen molar-refractivity contribution < 1.29 is 8.42 Å². The largest absolute Gasteiger partial charge is 0.357 e. The van der Waals surface area contributed by atoms with E-state index in [2.05, 4.69) is 29.5 Å². The highest BCUT2D eigenvalue weighted by Crippen LogP contribution is 2.02. The fraction of sp³-hybridized carbons (Fsp3) is 0.923. The lowest BCUT2D eigenvalue weighted by Gasteiger charge is -2.17. The minimum absolute atomic E-state index is 0.0911. The summed E-state index contributed by atoms with van der Waals surface area (Å²) in [6, 6.07) is 0.350. The standard InChI is InChI=1S/C13H29N3O2S/c1-5-7-8-9-12(3)16-13(14-6-2)15-10-11-19(4,17)18/h12H,5-11H2,1-4H3,(H2,14,15,16). The molecule has 19 heavy (non-hydrogen) atoms. The Kier molecular flexibility index (Phi) is 9.65. The second-order valence-corrected chi connectivity index (χ2v) is 7.19. The normalized spacial score (nSPS) is 14.2. The van der Waals surface area contributed by atoms with Gasteiger partial charge in [-0.25, -0.2) is 8.42 Å². The molecule has 0 saturated carbocycles. The lowest BCUT2D eigenvalue weighted by molar-refractivity contribution is 0.547. The Morgan fingerprint density at radius 3 is 2.47 bits per heavy atom. The van der Waals surface area contributed by atoms with E-state index in [4.69, 9.17) is 0 Å². The van der Waals surface area contributed by atoms with Gasteiger partial charge in [-0.1, -0.05) is 26.2 Å². The summed E-state index contributed by atoms with van der Waals surface area (Å²) in [6.07, 6.45) is 6.00. The number of rotatable bonds is 9. The number of sulfone groups is 1. The Hall–Kier alpha value is -0.780. The van der Waals surface area contributed by atoms with Crippen molar-refractivity contribution in [2.24, 2.45) is 4.99 Å². The lowest BCUT2D eigenvalue weighted by Crippen LogP contribution is -2.42.